The van der Waals surface area contributed by atoms with Crippen molar-refractivity contribution in [2.45, 2.75) is 31.8 Å². The lowest BCUT2D eigenvalue weighted by molar-refractivity contribution is -0.107. The Bertz CT molecular complexity index is 305. The fourth-order valence-corrected chi connectivity index (χ4v) is 2.49. The summed E-state index contributed by atoms with van der Waals surface area (Å²) in [5, 5.41) is 3.05. The first-order valence-electron chi connectivity index (χ1n) is 4.87. The highest BCUT2D eigenvalue weighted by Crippen LogP contribution is 2.19. The molecule has 0 radical (unpaired) electrons. The van der Waals surface area contributed by atoms with Crippen LogP contribution in [0.4, 0.5) is 0 Å². The zero-order valence-corrected chi connectivity index (χ0v) is 8.76. The molecule has 0 aliphatic carbocycles. The second-order valence-electron chi connectivity index (χ2n) is 3.44. The van der Waals surface area contributed by atoms with Crippen LogP contribution in [0.25, 0.3) is 0 Å². The Labute approximate surface area is 87.1 Å². The van der Waals surface area contributed by atoms with Crippen LogP contribution < -0.4 is 0 Å². The van der Waals surface area contributed by atoms with Gasteiger partial charge in [0, 0.05) is 24.8 Å². The topological polar surface area (TPSA) is 39.2 Å². The summed E-state index contributed by atoms with van der Waals surface area (Å²) in [7, 11) is 0. The summed E-state index contributed by atoms with van der Waals surface area (Å²) in [4.78, 5) is 14.6. The van der Waals surface area contributed by atoms with Gasteiger partial charge >= 0.3 is 0 Å². The third-order valence-corrected chi connectivity index (χ3v) is 3.24. The molecule has 1 aliphatic heterocycles. The summed E-state index contributed by atoms with van der Waals surface area (Å²) in [6, 6.07) is 0. The van der Waals surface area contributed by atoms with E-state index in [0.29, 0.717) is 12.5 Å². The summed E-state index contributed by atoms with van der Waals surface area (Å²) in [5.41, 5.74) is 0.887. The number of carbonyl (C=O) groups excluding carboxylic acids is 1. The molecular formula is C10H13NO2S. The molecule has 14 heavy (non-hydrogen) atoms. The van der Waals surface area contributed by atoms with E-state index in [9.17, 15) is 4.79 Å². The minimum absolute atomic E-state index is 0.352. The van der Waals surface area contributed by atoms with Gasteiger partial charge in [0.25, 0.3) is 0 Å². The van der Waals surface area contributed by atoms with Crippen molar-refractivity contribution in [2.24, 2.45) is 0 Å². The lowest BCUT2D eigenvalue weighted by Crippen LogP contribution is -2.08. The average molecular weight is 211 g/mol. The highest BCUT2D eigenvalue weighted by molar-refractivity contribution is 7.09. The molecule has 1 aromatic rings. The Kier molecular flexibility index (Phi) is 3.26. The Morgan fingerprint density at radius 2 is 2.64 bits per heavy atom. The number of nitrogens with zero attached hydrogens (tertiary/aromatic N) is 1. The Morgan fingerprint density at radius 1 is 1.71 bits per heavy atom. The smallest absolute Gasteiger partial charge is 0.125 e. The molecule has 1 fully saturated rings. The van der Waals surface area contributed by atoms with Crippen molar-refractivity contribution in [3.63, 3.8) is 0 Å². The lowest BCUT2D eigenvalue weighted by Gasteiger charge is -2.05. The van der Waals surface area contributed by atoms with Crippen molar-refractivity contribution in [3.05, 3.63) is 16.1 Å². The third-order valence-electron chi connectivity index (χ3n) is 2.32. The first-order chi connectivity index (χ1) is 6.88. The molecule has 0 amide bonds. The van der Waals surface area contributed by atoms with Crippen LogP contribution in [-0.2, 0) is 22.4 Å². The molecule has 2 heterocycles. The molecule has 0 N–H and O–H groups in total. The van der Waals surface area contributed by atoms with E-state index in [-0.39, 0.29) is 0 Å². The molecule has 2 rings (SSSR count). The lowest BCUT2D eigenvalue weighted by atomic mass is 10.2. The van der Waals surface area contributed by atoms with Crippen LogP contribution in [0.3, 0.4) is 0 Å². The number of ether oxygens (including phenoxy) is 1. The Balaban J connectivity index is 1.91. The van der Waals surface area contributed by atoms with Crippen molar-refractivity contribution in [2.75, 3.05) is 6.61 Å². The van der Waals surface area contributed by atoms with E-state index in [1.54, 1.807) is 11.3 Å². The molecule has 3 nitrogen and oxygen atoms in total. The summed E-state index contributed by atoms with van der Waals surface area (Å²) >= 11 is 1.63. The third kappa shape index (κ3) is 2.39. The van der Waals surface area contributed by atoms with E-state index in [1.807, 2.05) is 5.38 Å². The molecule has 0 bridgehead atoms. The molecule has 1 unspecified atom stereocenters. The van der Waals surface area contributed by atoms with Crippen molar-refractivity contribution < 1.29 is 9.53 Å². The fourth-order valence-electron chi connectivity index (χ4n) is 1.62. The van der Waals surface area contributed by atoms with Crippen molar-refractivity contribution in [1.82, 2.24) is 4.98 Å². The van der Waals surface area contributed by atoms with Crippen LogP contribution in [0.15, 0.2) is 5.38 Å². The number of aromatic nitrogens is 1. The standard InChI is InChI=1S/C10H13NO2S/c12-4-3-8-7-14-10(11-8)6-9-2-1-5-13-9/h4,7,9H,1-3,5-6H2. The average Bonchev–Trinajstić information content (AvgIpc) is 2.79. The van der Waals surface area contributed by atoms with Gasteiger partial charge in [-0.1, -0.05) is 0 Å². The largest absolute Gasteiger partial charge is 0.378 e. The minimum Gasteiger partial charge on any atom is -0.378 e. The van der Waals surface area contributed by atoms with E-state index in [0.717, 1.165) is 42.9 Å². The van der Waals surface area contributed by atoms with Crippen LogP contribution in [-0.4, -0.2) is 24.0 Å². The monoisotopic (exact) mass is 211 g/mol. The van der Waals surface area contributed by atoms with Crippen molar-refractivity contribution in [3.8, 4) is 0 Å². The maximum absolute atomic E-state index is 10.3. The molecule has 1 saturated heterocycles. The SMILES string of the molecule is O=CCc1csc(CC2CCCO2)n1. The first-order valence-corrected chi connectivity index (χ1v) is 5.75. The van der Waals surface area contributed by atoms with Crippen LogP contribution in [0, 0.1) is 0 Å². The predicted molar refractivity (Wildman–Crippen MR) is 54.6 cm³/mol. The van der Waals surface area contributed by atoms with E-state index in [1.165, 1.54) is 0 Å². The van der Waals surface area contributed by atoms with E-state index in [4.69, 9.17) is 4.74 Å². The van der Waals surface area contributed by atoms with Crippen molar-refractivity contribution in [1.29, 1.82) is 0 Å². The quantitative estimate of drug-likeness (QED) is 0.710. The summed E-state index contributed by atoms with van der Waals surface area (Å²) < 4.78 is 5.52. The van der Waals surface area contributed by atoms with Gasteiger partial charge in [0.05, 0.1) is 16.8 Å². The molecule has 1 aromatic heterocycles. The number of thiazole rings is 1. The molecule has 76 valence electrons. The second kappa shape index (κ2) is 4.66. The number of hydrogen-bond acceptors (Lipinski definition) is 4. The first kappa shape index (κ1) is 9.80. The van der Waals surface area contributed by atoms with Crippen molar-refractivity contribution >= 4 is 17.6 Å². The van der Waals surface area contributed by atoms with Gasteiger partial charge in [0.15, 0.2) is 0 Å². The number of hydrogen-bond donors (Lipinski definition) is 0. The molecule has 0 spiro atoms. The van der Waals surface area contributed by atoms with Crippen LogP contribution in [0.2, 0.25) is 0 Å². The van der Waals surface area contributed by atoms with Gasteiger partial charge in [0.1, 0.15) is 6.29 Å². The van der Waals surface area contributed by atoms with Gasteiger partial charge in [-0.15, -0.1) is 11.3 Å². The van der Waals surface area contributed by atoms with Crippen LogP contribution in [0.5, 0.6) is 0 Å². The highest BCUT2D eigenvalue weighted by Gasteiger charge is 2.17. The molecule has 4 heteroatoms. The maximum Gasteiger partial charge on any atom is 0.125 e. The summed E-state index contributed by atoms with van der Waals surface area (Å²) in [6.07, 6.45) is 4.89. The summed E-state index contributed by atoms with van der Waals surface area (Å²) in [5.74, 6) is 0. The number of aldehydes is 1. The highest BCUT2D eigenvalue weighted by atomic mass is 32.1. The van der Waals surface area contributed by atoms with Gasteiger partial charge in [-0.05, 0) is 12.8 Å². The number of carbonyl (C=O) groups is 1. The molecule has 0 saturated carbocycles. The molecule has 0 aromatic carbocycles. The van der Waals surface area contributed by atoms with Gasteiger partial charge in [-0.25, -0.2) is 4.98 Å². The fraction of sp³-hybridized carbons (Fsp3) is 0.600. The van der Waals surface area contributed by atoms with Gasteiger partial charge in [-0.3, -0.25) is 0 Å². The van der Waals surface area contributed by atoms with E-state index in [2.05, 4.69) is 4.98 Å². The van der Waals surface area contributed by atoms with Gasteiger partial charge in [0.2, 0.25) is 0 Å². The van der Waals surface area contributed by atoms with E-state index >= 15 is 0 Å². The minimum atomic E-state index is 0.352. The van der Waals surface area contributed by atoms with Gasteiger partial charge < -0.3 is 9.53 Å². The maximum atomic E-state index is 10.3. The normalized spacial score (nSPS) is 21.3. The summed E-state index contributed by atoms with van der Waals surface area (Å²) in [6.45, 7) is 0.886. The molecular weight excluding hydrogens is 198 g/mol. The Morgan fingerprint density at radius 3 is 3.36 bits per heavy atom. The zero-order valence-electron chi connectivity index (χ0n) is 7.94. The zero-order chi connectivity index (χ0) is 9.80. The molecule has 1 aliphatic rings. The van der Waals surface area contributed by atoms with E-state index < -0.39 is 0 Å². The predicted octanol–water partition coefficient (Wildman–Crippen LogP) is 1.61. The van der Waals surface area contributed by atoms with Crippen LogP contribution in [0.1, 0.15) is 23.5 Å². The van der Waals surface area contributed by atoms with Gasteiger partial charge in [-0.2, -0.15) is 0 Å². The Hall–Kier alpha value is -0.740. The van der Waals surface area contributed by atoms with Crippen LogP contribution >= 0.6 is 11.3 Å². The molecule has 1 atom stereocenters. The second-order valence-corrected chi connectivity index (χ2v) is 4.39. The number of rotatable bonds is 4.